The molecule has 0 N–H and O–H groups in total. The standard InChI is InChI=1S/C16H16O4P/c1-3-20-21(18)15-7-5-4-6-14(15)16(17)12-8-10-13(19-2)11-9-12/h4-11H,3H2,1-2H3/q+1. The lowest BCUT2D eigenvalue weighted by atomic mass is 10.0. The summed E-state index contributed by atoms with van der Waals surface area (Å²) in [5.41, 5.74) is 0.917. The maximum Gasteiger partial charge on any atom is 0.549 e. The number of carbonyl (C=O) groups excluding carboxylic acids is 1. The number of ketones is 1. The predicted octanol–water partition coefficient (Wildman–Crippen LogP) is 3.33. The molecule has 0 aliphatic heterocycles. The first-order chi connectivity index (χ1) is 10.2. The van der Waals surface area contributed by atoms with Crippen LogP contribution in [0.2, 0.25) is 0 Å². The Labute approximate surface area is 124 Å². The zero-order valence-corrected chi connectivity index (χ0v) is 12.8. The molecule has 0 fully saturated rings. The van der Waals surface area contributed by atoms with Gasteiger partial charge in [0, 0.05) is 5.56 Å². The van der Waals surface area contributed by atoms with E-state index in [0.717, 1.165) is 0 Å². The monoisotopic (exact) mass is 303 g/mol. The van der Waals surface area contributed by atoms with Crippen LogP contribution in [0.15, 0.2) is 48.5 Å². The SMILES string of the molecule is CCO[P+](=O)c1ccccc1C(=O)c1ccc(OC)cc1. The number of hydrogen-bond acceptors (Lipinski definition) is 4. The number of carbonyl (C=O) groups is 1. The van der Waals surface area contributed by atoms with E-state index in [2.05, 4.69) is 0 Å². The third-order valence-corrected chi connectivity index (χ3v) is 4.22. The van der Waals surface area contributed by atoms with Gasteiger partial charge in [-0.2, -0.15) is 0 Å². The number of methoxy groups -OCH3 is 1. The van der Waals surface area contributed by atoms with Crippen LogP contribution >= 0.6 is 8.03 Å². The topological polar surface area (TPSA) is 52.6 Å². The van der Waals surface area contributed by atoms with Gasteiger partial charge in [0.2, 0.25) is 5.30 Å². The fraction of sp³-hybridized carbons (Fsp3) is 0.188. The molecule has 1 unspecified atom stereocenters. The van der Waals surface area contributed by atoms with Gasteiger partial charge in [-0.05, 0) is 47.9 Å². The molecule has 0 aliphatic carbocycles. The van der Waals surface area contributed by atoms with Crippen molar-refractivity contribution in [2.24, 2.45) is 0 Å². The van der Waals surface area contributed by atoms with Crippen LogP contribution in [0, 0.1) is 0 Å². The van der Waals surface area contributed by atoms with Crippen LogP contribution < -0.4 is 10.0 Å². The number of benzene rings is 2. The summed E-state index contributed by atoms with van der Waals surface area (Å²) < 4.78 is 22.3. The average molecular weight is 303 g/mol. The van der Waals surface area contributed by atoms with E-state index in [1.807, 2.05) is 0 Å². The largest absolute Gasteiger partial charge is 0.549 e. The highest BCUT2D eigenvalue weighted by molar-refractivity contribution is 7.48. The molecule has 0 saturated carbocycles. The lowest BCUT2D eigenvalue weighted by Crippen LogP contribution is -2.13. The minimum Gasteiger partial charge on any atom is -0.497 e. The van der Waals surface area contributed by atoms with Crippen LogP contribution in [0.4, 0.5) is 0 Å². The average Bonchev–Trinajstić information content (AvgIpc) is 2.54. The molecule has 0 heterocycles. The van der Waals surface area contributed by atoms with Crippen molar-refractivity contribution in [3.8, 4) is 5.75 Å². The summed E-state index contributed by atoms with van der Waals surface area (Å²) in [4.78, 5) is 12.6. The number of ether oxygens (including phenoxy) is 1. The van der Waals surface area contributed by atoms with Crippen molar-refractivity contribution >= 4 is 19.1 Å². The lowest BCUT2D eigenvalue weighted by molar-refractivity contribution is 0.103. The van der Waals surface area contributed by atoms with E-state index in [0.29, 0.717) is 28.8 Å². The maximum atomic E-state index is 12.6. The minimum absolute atomic E-state index is 0.184. The Balaban J connectivity index is 2.36. The smallest absolute Gasteiger partial charge is 0.497 e. The molecule has 4 nitrogen and oxygen atoms in total. The second kappa shape index (κ2) is 7.11. The molecule has 0 radical (unpaired) electrons. The van der Waals surface area contributed by atoms with Gasteiger partial charge in [0.15, 0.2) is 5.78 Å². The van der Waals surface area contributed by atoms with E-state index in [4.69, 9.17) is 9.26 Å². The van der Waals surface area contributed by atoms with Gasteiger partial charge in [-0.3, -0.25) is 4.79 Å². The maximum absolute atomic E-state index is 12.6. The molecule has 108 valence electrons. The van der Waals surface area contributed by atoms with Crippen LogP contribution in [0.3, 0.4) is 0 Å². The van der Waals surface area contributed by atoms with Crippen LogP contribution in [-0.2, 0) is 9.09 Å². The van der Waals surface area contributed by atoms with Crippen LogP contribution in [0.1, 0.15) is 22.8 Å². The van der Waals surface area contributed by atoms with E-state index in [9.17, 15) is 9.36 Å². The van der Waals surface area contributed by atoms with E-state index < -0.39 is 8.03 Å². The summed E-state index contributed by atoms with van der Waals surface area (Å²) in [6, 6.07) is 13.6. The summed E-state index contributed by atoms with van der Waals surface area (Å²) in [7, 11) is -0.456. The molecule has 0 aliphatic rings. The van der Waals surface area contributed by atoms with E-state index in [-0.39, 0.29) is 5.78 Å². The molecular weight excluding hydrogens is 287 g/mol. The van der Waals surface area contributed by atoms with Crippen LogP contribution in [0.25, 0.3) is 0 Å². The van der Waals surface area contributed by atoms with Crippen molar-refractivity contribution in [2.75, 3.05) is 13.7 Å². The number of hydrogen-bond donors (Lipinski definition) is 0. The van der Waals surface area contributed by atoms with Gasteiger partial charge >= 0.3 is 8.03 Å². The molecule has 0 saturated heterocycles. The first-order valence-electron chi connectivity index (χ1n) is 6.55. The molecule has 0 bridgehead atoms. The molecule has 2 aromatic rings. The minimum atomic E-state index is -2.02. The Hall–Kier alpha value is -2.03. The predicted molar refractivity (Wildman–Crippen MR) is 81.7 cm³/mol. The van der Waals surface area contributed by atoms with Crippen molar-refractivity contribution in [1.82, 2.24) is 0 Å². The Morgan fingerprint density at radius 1 is 1.10 bits per heavy atom. The highest BCUT2D eigenvalue weighted by atomic mass is 31.1. The van der Waals surface area contributed by atoms with Crippen LogP contribution in [0.5, 0.6) is 5.75 Å². The van der Waals surface area contributed by atoms with Crippen molar-refractivity contribution in [2.45, 2.75) is 6.92 Å². The Morgan fingerprint density at radius 3 is 2.38 bits per heavy atom. The summed E-state index contributed by atoms with van der Waals surface area (Å²) in [6.45, 7) is 2.10. The zero-order valence-electron chi connectivity index (χ0n) is 11.9. The van der Waals surface area contributed by atoms with Gasteiger partial charge in [0.05, 0.1) is 12.7 Å². The molecule has 2 rings (SSSR count). The van der Waals surface area contributed by atoms with Gasteiger partial charge in [-0.1, -0.05) is 12.1 Å². The van der Waals surface area contributed by atoms with E-state index in [1.54, 1.807) is 62.6 Å². The summed E-state index contributed by atoms with van der Waals surface area (Å²) in [6.07, 6.45) is 0. The van der Waals surface area contributed by atoms with Gasteiger partial charge in [0.25, 0.3) is 0 Å². The fourth-order valence-electron chi connectivity index (χ4n) is 1.91. The Kier molecular flexibility index (Phi) is 5.20. The van der Waals surface area contributed by atoms with Crippen LogP contribution in [-0.4, -0.2) is 19.5 Å². The Bertz CT molecular complexity index is 650. The molecule has 2 aromatic carbocycles. The van der Waals surface area contributed by atoms with Gasteiger partial charge in [-0.25, -0.2) is 0 Å². The van der Waals surface area contributed by atoms with E-state index in [1.165, 1.54) is 0 Å². The zero-order chi connectivity index (χ0) is 15.2. The Morgan fingerprint density at radius 2 is 1.76 bits per heavy atom. The van der Waals surface area contributed by atoms with Crippen molar-refractivity contribution in [1.29, 1.82) is 0 Å². The molecule has 0 spiro atoms. The van der Waals surface area contributed by atoms with Gasteiger partial charge < -0.3 is 4.74 Å². The lowest BCUT2D eigenvalue weighted by Gasteiger charge is -2.03. The van der Waals surface area contributed by atoms with Crippen molar-refractivity contribution in [3.05, 3.63) is 59.7 Å². The molecule has 1 atom stereocenters. The van der Waals surface area contributed by atoms with E-state index >= 15 is 0 Å². The van der Waals surface area contributed by atoms with Crippen molar-refractivity contribution < 1.29 is 18.6 Å². The normalized spacial score (nSPS) is 11.0. The first-order valence-corrected chi connectivity index (χ1v) is 7.73. The summed E-state index contributed by atoms with van der Waals surface area (Å²) in [5.74, 6) is 0.497. The van der Waals surface area contributed by atoms with Gasteiger partial charge in [-0.15, -0.1) is 4.52 Å². The molecular formula is C16H16O4P+. The third-order valence-electron chi connectivity index (χ3n) is 2.94. The highest BCUT2D eigenvalue weighted by Crippen LogP contribution is 2.25. The summed E-state index contributed by atoms with van der Waals surface area (Å²) in [5, 5.41) is 0.426. The van der Waals surface area contributed by atoms with Crippen molar-refractivity contribution in [3.63, 3.8) is 0 Å². The molecule has 21 heavy (non-hydrogen) atoms. The number of rotatable bonds is 6. The van der Waals surface area contributed by atoms with Gasteiger partial charge in [0.1, 0.15) is 12.4 Å². The third kappa shape index (κ3) is 3.54. The summed E-state index contributed by atoms with van der Waals surface area (Å²) >= 11 is 0. The molecule has 5 heteroatoms. The first kappa shape index (κ1) is 15.4. The second-order valence-corrected chi connectivity index (χ2v) is 5.50. The highest BCUT2D eigenvalue weighted by Gasteiger charge is 2.28. The molecule has 0 aromatic heterocycles. The molecule has 0 amide bonds. The quantitative estimate of drug-likeness (QED) is 0.607. The fourth-order valence-corrected chi connectivity index (χ4v) is 2.86. The second-order valence-electron chi connectivity index (χ2n) is 4.25.